The third kappa shape index (κ3) is 4.88. The van der Waals surface area contributed by atoms with Crippen LogP contribution < -0.4 is 0 Å². The Morgan fingerprint density at radius 3 is 1.66 bits per heavy atom. The summed E-state index contributed by atoms with van der Waals surface area (Å²) < 4.78 is 6.55. The van der Waals surface area contributed by atoms with Gasteiger partial charge >= 0.3 is 0 Å². The smallest absolute Gasteiger partial charge is 0.227 e. The number of benzene rings is 10. The molecule has 58 heavy (non-hydrogen) atoms. The molecule has 11 aromatic rings. The van der Waals surface area contributed by atoms with Gasteiger partial charge in [-0.2, -0.15) is 0 Å². The summed E-state index contributed by atoms with van der Waals surface area (Å²) in [5.74, 6) is 0.637. The maximum atomic E-state index is 6.55. The first-order valence-electron chi connectivity index (χ1n) is 19.9. The molecule has 0 spiro atoms. The molecule has 1 aliphatic rings. The molecule has 0 aliphatic heterocycles. The fraction of sp³-hybridized carbons (Fsp3) is 0.0179. The van der Waals surface area contributed by atoms with E-state index in [4.69, 9.17) is 9.40 Å². The van der Waals surface area contributed by atoms with Crippen molar-refractivity contribution in [3.8, 4) is 44.8 Å². The molecule has 0 amide bonds. The first-order chi connectivity index (χ1) is 28.7. The van der Waals surface area contributed by atoms with E-state index in [0.29, 0.717) is 5.89 Å². The van der Waals surface area contributed by atoms with E-state index >= 15 is 0 Å². The van der Waals surface area contributed by atoms with E-state index in [1.54, 1.807) is 0 Å². The summed E-state index contributed by atoms with van der Waals surface area (Å²) in [6.45, 7) is 0. The molecular formula is C56H35NO. The lowest BCUT2D eigenvalue weighted by Crippen LogP contribution is -2.28. The molecule has 0 radical (unpaired) electrons. The summed E-state index contributed by atoms with van der Waals surface area (Å²) >= 11 is 0. The quantitative estimate of drug-likeness (QED) is 0.164. The second-order valence-electron chi connectivity index (χ2n) is 15.5. The van der Waals surface area contributed by atoms with E-state index in [9.17, 15) is 0 Å². The van der Waals surface area contributed by atoms with Crippen molar-refractivity contribution in [2.24, 2.45) is 0 Å². The fourth-order valence-corrected chi connectivity index (χ4v) is 9.64. The summed E-state index contributed by atoms with van der Waals surface area (Å²) in [5, 5.41) is 7.05. The largest absolute Gasteiger partial charge is 0.435 e. The second-order valence-corrected chi connectivity index (χ2v) is 15.5. The minimum absolute atomic E-state index is 0.489. The first kappa shape index (κ1) is 32.7. The molecule has 0 saturated carbocycles. The van der Waals surface area contributed by atoms with E-state index in [0.717, 1.165) is 38.4 Å². The van der Waals surface area contributed by atoms with Gasteiger partial charge in [0.2, 0.25) is 5.89 Å². The Labute approximate surface area is 336 Å². The molecule has 0 bridgehead atoms. The van der Waals surface area contributed by atoms with Crippen LogP contribution in [0.5, 0.6) is 0 Å². The summed E-state index contributed by atoms with van der Waals surface area (Å²) in [5.41, 5.74) is 14.6. The molecule has 0 fully saturated rings. The topological polar surface area (TPSA) is 26.0 Å². The Balaban J connectivity index is 1.03. The standard InChI is InChI=1S/C56H35NO/c1-4-13-38(14-5-1)55-57-52-30-28-37-25-23-36-24-26-43(32-48(36)53(37)54(52)58-55)39-17-12-18-40(31-39)44-27-29-47-49-33-41-15-10-11-16-42(41)34-51(49)56(50(47)35-44,45-19-6-2-7-20-45)46-21-8-3-9-22-46/h1-35H. The zero-order chi connectivity index (χ0) is 38.2. The van der Waals surface area contributed by atoms with Crippen LogP contribution in [0.4, 0.5) is 0 Å². The molecule has 270 valence electrons. The molecule has 2 heteroatoms. The molecule has 10 aromatic carbocycles. The van der Waals surface area contributed by atoms with Gasteiger partial charge in [0.1, 0.15) is 5.52 Å². The number of hydrogen-bond acceptors (Lipinski definition) is 2. The fourth-order valence-electron chi connectivity index (χ4n) is 9.64. The highest BCUT2D eigenvalue weighted by Crippen LogP contribution is 2.57. The van der Waals surface area contributed by atoms with Gasteiger partial charge in [-0.15, -0.1) is 0 Å². The van der Waals surface area contributed by atoms with Crippen LogP contribution in [0.25, 0.3) is 88.3 Å². The monoisotopic (exact) mass is 737 g/mol. The van der Waals surface area contributed by atoms with Gasteiger partial charge in [-0.05, 0) is 131 Å². The lowest BCUT2D eigenvalue weighted by molar-refractivity contribution is 0.623. The maximum Gasteiger partial charge on any atom is 0.227 e. The van der Waals surface area contributed by atoms with Gasteiger partial charge in [-0.25, -0.2) is 4.98 Å². The van der Waals surface area contributed by atoms with Crippen LogP contribution in [0.3, 0.4) is 0 Å². The van der Waals surface area contributed by atoms with Crippen molar-refractivity contribution in [1.29, 1.82) is 0 Å². The van der Waals surface area contributed by atoms with Crippen LogP contribution in [-0.4, -0.2) is 4.98 Å². The summed E-state index contributed by atoms with van der Waals surface area (Å²) in [6.07, 6.45) is 0. The maximum absolute atomic E-state index is 6.55. The SMILES string of the molecule is c1ccc(-c2nc3ccc4ccc5ccc(-c6cccc(-c7ccc8c(c7)C(c7ccccc7)(c7ccccc7)c7cc9ccccc9cc7-8)c6)cc5c4c3o2)cc1. The van der Waals surface area contributed by atoms with Crippen molar-refractivity contribution in [2.75, 3.05) is 0 Å². The lowest BCUT2D eigenvalue weighted by Gasteiger charge is -2.34. The van der Waals surface area contributed by atoms with Gasteiger partial charge in [-0.3, -0.25) is 0 Å². The molecule has 1 aromatic heterocycles. The van der Waals surface area contributed by atoms with Crippen molar-refractivity contribution in [2.45, 2.75) is 5.41 Å². The first-order valence-corrected chi connectivity index (χ1v) is 19.9. The molecule has 0 unspecified atom stereocenters. The van der Waals surface area contributed by atoms with E-state index in [1.165, 1.54) is 66.2 Å². The molecule has 1 heterocycles. The molecule has 12 rings (SSSR count). The number of oxazole rings is 1. The van der Waals surface area contributed by atoms with E-state index in [1.807, 2.05) is 30.3 Å². The van der Waals surface area contributed by atoms with E-state index in [-0.39, 0.29) is 0 Å². The average Bonchev–Trinajstić information content (AvgIpc) is 3.86. The number of aromatic nitrogens is 1. The lowest BCUT2D eigenvalue weighted by atomic mass is 9.67. The zero-order valence-corrected chi connectivity index (χ0v) is 31.6. The molecule has 2 nitrogen and oxygen atoms in total. The van der Waals surface area contributed by atoms with Crippen LogP contribution in [0.15, 0.2) is 217 Å². The van der Waals surface area contributed by atoms with Crippen molar-refractivity contribution < 1.29 is 4.42 Å². The number of nitrogens with zero attached hydrogens (tertiary/aromatic N) is 1. The van der Waals surface area contributed by atoms with Crippen molar-refractivity contribution in [3.05, 3.63) is 235 Å². The van der Waals surface area contributed by atoms with E-state index in [2.05, 4.69) is 182 Å². The van der Waals surface area contributed by atoms with Gasteiger partial charge in [0.25, 0.3) is 0 Å². The Bertz CT molecular complexity index is 3340. The number of hydrogen-bond donors (Lipinski definition) is 0. The van der Waals surface area contributed by atoms with Crippen molar-refractivity contribution in [3.63, 3.8) is 0 Å². The van der Waals surface area contributed by atoms with Gasteiger partial charge in [0, 0.05) is 10.9 Å². The Morgan fingerprint density at radius 2 is 0.914 bits per heavy atom. The Morgan fingerprint density at radius 1 is 0.362 bits per heavy atom. The molecule has 1 aliphatic carbocycles. The minimum atomic E-state index is -0.489. The summed E-state index contributed by atoms with van der Waals surface area (Å²) in [7, 11) is 0. The summed E-state index contributed by atoms with van der Waals surface area (Å²) in [6, 6.07) is 77.4. The van der Waals surface area contributed by atoms with Gasteiger partial charge in [0.05, 0.1) is 5.41 Å². The minimum Gasteiger partial charge on any atom is -0.435 e. The summed E-state index contributed by atoms with van der Waals surface area (Å²) in [4.78, 5) is 4.90. The van der Waals surface area contributed by atoms with Crippen molar-refractivity contribution >= 4 is 43.4 Å². The molecule has 0 N–H and O–H groups in total. The van der Waals surface area contributed by atoms with E-state index < -0.39 is 5.41 Å². The van der Waals surface area contributed by atoms with Crippen LogP contribution >= 0.6 is 0 Å². The third-order valence-corrected chi connectivity index (χ3v) is 12.3. The highest BCUT2D eigenvalue weighted by atomic mass is 16.3. The van der Waals surface area contributed by atoms with Crippen molar-refractivity contribution in [1.82, 2.24) is 4.98 Å². The van der Waals surface area contributed by atoms with Gasteiger partial charge in [0.15, 0.2) is 5.58 Å². The Kier molecular flexibility index (Phi) is 7.18. The normalized spacial score (nSPS) is 13.0. The highest BCUT2D eigenvalue weighted by molar-refractivity contribution is 6.18. The van der Waals surface area contributed by atoms with Crippen LogP contribution in [0.2, 0.25) is 0 Å². The predicted octanol–water partition coefficient (Wildman–Crippen LogP) is 14.7. The number of fused-ring (bicyclic) bond motifs is 9. The second kappa shape index (κ2) is 12.7. The predicted molar refractivity (Wildman–Crippen MR) is 240 cm³/mol. The molecule has 0 atom stereocenters. The van der Waals surface area contributed by atoms with Crippen LogP contribution in [0, 0.1) is 0 Å². The van der Waals surface area contributed by atoms with Crippen LogP contribution in [0.1, 0.15) is 22.3 Å². The average molecular weight is 738 g/mol. The van der Waals surface area contributed by atoms with Crippen LogP contribution in [-0.2, 0) is 5.41 Å². The van der Waals surface area contributed by atoms with Gasteiger partial charge < -0.3 is 4.42 Å². The van der Waals surface area contributed by atoms with Gasteiger partial charge in [-0.1, -0.05) is 164 Å². The molecule has 0 saturated heterocycles. The highest BCUT2D eigenvalue weighted by Gasteiger charge is 2.46. The zero-order valence-electron chi connectivity index (χ0n) is 31.6. The number of rotatable bonds is 5. The third-order valence-electron chi connectivity index (χ3n) is 12.3. The Hall–Kier alpha value is -7.55. The molecular weight excluding hydrogens is 703 g/mol.